The largest absolute Gasteiger partial charge is 0.447 e. The molecule has 1 fully saturated rings. The standard InChI is InChI=1S/C23H26Cl2N2O3/c1-16(28)30-22(18-10-11-19(24)20(25)14-18)23(29)26(2)21(15-27-12-6-7-13-27)17-8-4-3-5-9-17/h3-5,8-11,14,21-22H,6-7,12-13,15H2,1-2H3. The van der Waals surface area contributed by atoms with E-state index in [0.29, 0.717) is 15.6 Å². The van der Waals surface area contributed by atoms with Crippen molar-refractivity contribution in [3.8, 4) is 0 Å². The van der Waals surface area contributed by atoms with Crippen molar-refractivity contribution >= 4 is 35.1 Å². The maximum atomic E-state index is 13.5. The fourth-order valence-corrected chi connectivity index (χ4v) is 4.08. The zero-order valence-corrected chi connectivity index (χ0v) is 18.7. The Morgan fingerprint density at radius 2 is 1.70 bits per heavy atom. The van der Waals surface area contributed by atoms with Gasteiger partial charge in [-0.25, -0.2) is 0 Å². The normalized spacial score (nSPS) is 16.1. The molecular formula is C23H26Cl2N2O3. The van der Waals surface area contributed by atoms with Crippen LogP contribution in [0, 0.1) is 0 Å². The second kappa shape index (κ2) is 10.3. The van der Waals surface area contributed by atoms with Crippen molar-refractivity contribution in [2.75, 3.05) is 26.7 Å². The Morgan fingerprint density at radius 3 is 2.30 bits per heavy atom. The Morgan fingerprint density at radius 1 is 1.03 bits per heavy atom. The number of hydrogen-bond donors (Lipinski definition) is 0. The first kappa shape index (κ1) is 22.6. The van der Waals surface area contributed by atoms with Gasteiger partial charge in [-0.05, 0) is 43.6 Å². The van der Waals surface area contributed by atoms with E-state index in [1.165, 1.54) is 19.8 Å². The first-order chi connectivity index (χ1) is 14.4. The molecule has 160 valence electrons. The summed E-state index contributed by atoms with van der Waals surface area (Å²) in [6, 6.07) is 14.6. The summed E-state index contributed by atoms with van der Waals surface area (Å²) in [7, 11) is 1.75. The van der Waals surface area contributed by atoms with Gasteiger partial charge in [0.25, 0.3) is 5.91 Å². The number of carbonyl (C=O) groups excluding carboxylic acids is 2. The van der Waals surface area contributed by atoms with Crippen LogP contribution in [0.4, 0.5) is 0 Å². The number of amides is 1. The van der Waals surface area contributed by atoms with Gasteiger partial charge in [0.05, 0.1) is 16.1 Å². The van der Waals surface area contributed by atoms with E-state index >= 15 is 0 Å². The predicted octanol–water partition coefficient (Wildman–Crippen LogP) is 4.89. The summed E-state index contributed by atoms with van der Waals surface area (Å²) in [6.07, 6.45) is 1.24. The molecule has 0 spiro atoms. The number of ether oxygens (including phenoxy) is 1. The summed E-state index contributed by atoms with van der Waals surface area (Å²) < 4.78 is 5.42. The van der Waals surface area contributed by atoms with E-state index in [2.05, 4.69) is 4.90 Å². The molecule has 0 N–H and O–H groups in total. The first-order valence-corrected chi connectivity index (χ1v) is 10.8. The Bertz CT molecular complexity index is 885. The molecule has 2 aromatic carbocycles. The predicted molar refractivity (Wildman–Crippen MR) is 119 cm³/mol. The van der Waals surface area contributed by atoms with Gasteiger partial charge in [-0.2, -0.15) is 0 Å². The molecule has 1 saturated heterocycles. The van der Waals surface area contributed by atoms with Gasteiger partial charge in [-0.1, -0.05) is 59.6 Å². The van der Waals surface area contributed by atoms with Crippen LogP contribution in [-0.4, -0.2) is 48.4 Å². The van der Waals surface area contributed by atoms with Crippen molar-refractivity contribution in [3.63, 3.8) is 0 Å². The maximum absolute atomic E-state index is 13.5. The van der Waals surface area contributed by atoms with Crippen molar-refractivity contribution in [2.45, 2.75) is 31.9 Å². The van der Waals surface area contributed by atoms with Gasteiger partial charge >= 0.3 is 5.97 Å². The van der Waals surface area contributed by atoms with E-state index < -0.39 is 12.1 Å². The van der Waals surface area contributed by atoms with Crippen LogP contribution in [0.25, 0.3) is 0 Å². The molecule has 30 heavy (non-hydrogen) atoms. The van der Waals surface area contributed by atoms with Crippen molar-refractivity contribution in [2.24, 2.45) is 0 Å². The van der Waals surface area contributed by atoms with Crippen LogP contribution in [0.15, 0.2) is 48.5 Å². The van der Waals surface area contributed by atoms with E-state index in [9.17, 15) is 9.59 Å². The highest BCUT2D eigenvalue weighted by Gasteiger charge is 2.33. The minimum Gasteiger partial charge on any atom is -0.447 e. The van der Waals surface area contributed by atoms with Gasteiger partial charge in [0, 0.05) is 26.1 Å². The van der Waals surface area contributed by atoms with E-state index in [1.54, 1.807) is 30.1 Å². The molecule has 0 aliphatic carbocycles. The summed E-state index contributed by atoms with van der Waals surface area (Å²) in [5, 5.41) is 0.678. The van der Waals surface area contributed by atoms with E-state index in [0.717, 1.165) is 25.2 Å². The SMILES string of the molecule is CC(=O)OC(C(=O)N(C)C(CN1CCCC1)c1ccccc1)c1ccc(Cl)c(Cl)c1. The summed E-state index contributed by atoms with van der Waals surface area (Å²) in [5.74, 6) is -0.847. The molecule has 2 atom stereocenters. The molecule has 1 aliphatic rings. The summed E-state index contributed by atoms with van der Waals surface area (Å²) in [5.41, 5.74) is 1.53. The quantitative estimate of drug-likeness (QED) is 0.565. The monoisotopic (exact) mass is 448 g/mol. The number of esters is 1. The third kappa shape index (κ3) is 5.54. The second-order valence-corrected chi connectivity index (χ2v) is 8.36. The summed E-state index contributed by atoms with van der Waals surface area (Å²) in [4.78, 5) is 29.3. The topological polar surface area (TPSA) is 49.9 Å². The van der Waals surface area contributed by atoms with E-state index in [1.807, 2.05) is 30.3 Å². The lowest BCUT2D eigenvalue weighted by atomic mass is 10.0. The van der Waals surface area contributed by atoms with Crippen LogP contribution in [0.2, 0.25) is 10.0 Å². The average molecular weight is 449 g/mol. The van der Waals surface area contributed by atoms with Crippen molar-refractivity contribution < 1.29 is 14.3 Å². The number of rotatable bonds is 7. The highest BCUT2D eigenvalue weighted by molar-refractivity contribution is 6.42. The molecule has 2 unspecified atom stereocenters. The highest BCUT2D eigenvalue weighted by Crippen LogP contribution is 2.31. The van der Waals surface area contributed by atoms with Crippen molar-refractivity contribution in [1.29, 1.82) is 0 Å². The number of nitrogens with zero attached hydrogens (tertiary/aromatic N) is 2. The molecule has 0 bridgehead atoms. The lowest BCUT2D eigenvalue weighted by molar-refractivity contribution is -0.160. The third-order valence-electron chi connectivity index (χ3n) is 5.38. The van der Waals surface area contributed by atoms with Gasteiger partial charge in [0.15, 0.2) is 0 Å². The molecule has 1 amide bonds. The Kier molecular flexibility index (Phi) is 7.75. The molecule has 5 nitrogen and oxygen atoms in total. The number of benzene rings is 2. The van der Waals surface area contributed by atoms with Gasteiger partial charge in [0.1, 0.15) is 0 Å². The van der Waals surface area contributed by atoms with E-state index in [4.69, 9.17) is 27.9 Å². The molecule has 1 heterocycles. The Balaban J connectivity index is 1.91. The maximum Gasteiger partial charge on any atom is 0.303 e. The fraction of sp³-hybridized carbons (Fsp3) is 0.391. The van der Waals surface area contributed by atoms with Gasteiger partial charge < -0.3 is 14.5 Å². The average Bonchev–Trinajstić information content (AvgIpc) is 3.25. The molecule has 3 rings (SSSR count). The number of halogens is 2. The van der Waals surface area contributed by atoms with Gasteiger partial charge in [-0.15, -0.1) is 0 Å². The molecule has 0 aromatic heterocycles. The summed E-state index contributed by atoms with van der Waals surface area (Å²) in [6.45, 7) is 4.05. The van der Waals surface area contributed by atoms with Crippen LogP contribution in [0.1, 0.15) is 43.0 Å². The van der Waals surface area contributed by atoms with Crippen LogP contribution >= 0.6 is 23.2 Å². The molecule has 2 aromatic rings. The second-order valence-electron chi connectivity index (χ2n) is 7.55. The fourth-order valence-electron chi connectivity index (χ4n) is 3.78. The molecule has 0 radical (unpaired) electrons. The smallest absolute Gasteiger partial charge is 0.303 e. The van der Waals surface area contributed by atoms with Crippen LogP contribution in [-0.2, 0) is 14.3 Å². The minimum atomic E-state index is -1.09. The van der Waals surface area contributed by atoms with Gasteiger partial charge in [0.2, 0.25) is 6.10 Å². The lowest BCUT2D eigenvalue weighted by Gasteiger charge is -2.34. The zero-order valence-electron chi connectivity index (χ0n) is 17.2. The molecule has 1 aliphatic heterocycles. The van der Waals surface area contributed by atoms with Crippen molar-refractivity contribution in [1.82, 2.24) is 9.80 Å². The van der Waals surface area contributed by atoms with Gasteiger partial charge in [-0.3, -0.25) is 9.59 Å². The zero-order chi connectivity index (χ0) is 21.7. The number of likely N-dealkylation sites (tertiary alicyclic amines) is 1. The number of hydrogen-bond acceptors (Lipinski definition) is 4. The van der Waals surface area contributed by atoms with Crippen LogP contribution in [0.5, 0.6) is 0 Å². The Hall–Kier alpha value is -2.08. The lowest BCUT2D eigenvalue weighted by Crippen LogP contribution is -2.41. The molecule has 0 saturated carbocycles. The van der Waals surface area contributed by atoms with Crippen LogP contribution < -0.4 is 0 Å². The van der Waals surface area contributed by atoms with Crippen LogP contribution in [0.3, 0.4) is 0 Å². The third-order valence-corrected chi connectivity index (χ3v) is 6.12. The first-order valence-electron chi connectivity index (χ1n) is 10.0. The number of carbonyl (C=O) groups is 2. The summed E-state index contributed by atoms with van der Waals surface area (Å²) >= 11 is 12.2. The minimum absolute atomic E-state index is 0.169. The highest BCUT2D eigenvalue weighted by atomic mass is 35.5. The number of likely N-dealkylation sites (N-methyl/N-ethyl adjacent to an activating group) is 1. The van der Waals surface area contributed by atoms with Crippen molar-refractivity contribution in [3.05, 3.63) is 69.7 Å². The molecular weight excluding hydrogens is 423 g/mol. The molecule has 7 heteroatoms. The Labute approximate surface area is 187 Å². The van der Waals surface area contributed by atoms with E-state index in [-0.39, 0.29) is 11.9 Å².